The van der Waals surface area contributed by atoms with Crippen molar-refractivity contribution in [2.45, 2.75) is 13.0 Å². The second-order valence-corrected chi connectivity index (χ2v) is 18.9. The molecule has 0 nitrogen and oxygen atoms in total. The monoisotopic (exact) mass is 509 g/mol. The zero-order valence-corrected chi connectivity index (χ0v) is 19.2. The number of rotatable bonds is 4. The Balaban J connectivity index is 1.81. The quantitative estimate of drug-likeness (QED) is 0.335. The average Bonchev–Trinajstić information content (AvgIpc) is 3.07. The molecule has 25 heavy (non-hydrogen) atoms. The van der Waals surface area contributed by atoms with Crippen LogP contribution in [0.3, 0.4) is 0 Å². The predicted molar refractivity (Wildman–Crippen MR) is 109 cm³/mol. The van der Waals surface area contributed by atoms with Crippen molar-refractivity contribution in [3.8, 4) is 0 Å². The molecule has 1 aliphatic carbocycles. The first-order valence-corrected chi connectivity index (χ1v) is 19.4. The van der Waals surface area contributed by atoms with Gasteiger partial charge in [0.25, 0.3) is 0 Å². The van der Waals surface area contributed by atoms with Gasteiger partial charge in [0.2, 0.25) is 0 Å². The van der Waals surface area contributed by atoms with Crippen LogP contribution in [0.15, 0.2) is 84.9 Å². The van der Waals surface area contributed by atoms with Crippen LogP contribution in [0.4, 0.5) is 0 Å². The predicted octanol–water partition coefficient (Wildman–Crippen LogP) is 5.23. The Morgan fingerprint density at radius 1 is 0.720 bits per heavy atom. The number of benzene rings is 3. The number of hydrogen-bond acceptors (Lipinski definition) is 0. The maximum absolute atomic E-state index is 2.52. The summed E-state index contributed by atoms with van der Waals surface area (Å²) in [6, 6.07) is 29.2. The average molecular weight is 508 g/mol. The van der Waals surface area contributed by atoms with Crippen molar-refractivity contribution in [3.05, 3.63) is 96.1 Å². The van der Waals surface area contributed by atoms with Gasteiger partial charge < -0.3 is 0 Å². The van der Waals surface area contributed by atoms with Gasteiger partial charge in [0.1, 0.15) is 0 Å². The molecule has 3 aromatic rings. The summed E-state index contributed by atoms with van der Waals surface area (Å²) in [5.41, 5.74) is 3.03. The molecule has 4 rings (SSSR count). The van der Waals surface area contributed by atoms with Crippen molar-refractivity contribution in [3.63, 3.8) is 0 Å². The van der Waals surface area contributed by atoms with Gasteiger partial charge in [-0.2, -0.15) is 0 Å². The summed E-state index contributed by atoms with van der Waals surface area (Å²) in [5, 5.41) is 4.30. The first kappa shape index (κ1) is 17.1. The Morgan fingerprint density at radius 3 is 1.88 bits per heavy atom. The summed E-state index contributed by atoms with van der Waals surface area (Å²) in [4.78, 5) is 0. The van der Waals surface area contributed by atoms with E-state index in [1.807, 2.05) is 0 Å². The van der Waals surface area contributed by atoms with E-state index in [1.165, 1.54) is 21.5 Å². The SMILES string of the molecule is [CH3][Hf]([CH3])[CH]1C=Cc2cc(P(c3ccccc3)c3ccccc3)ccc21. The summed E-state index contributed by atoms with van der Waals surface area (Å²) < 4.78 is 5.81. The topological polar surface area (TPSA) is 0 Å². The van der Waals surface area contributed by atoms with E-state index in [4.69, 9.17) is 0 Å². The molecule has 0 saturated heterocycles. The van der Waals surface area contributed by atoms with Gasteiger partial charge in [-0.1, -0.05) is 0 Å². The van der Waals surface area contributed by atoms with Crippen molar-refractivity contribution in [1.29, 1.82) is 0 Å². The molecule has 0 radical (unpaired) electrons. The Kier molecular flexibility index (Phi) is 5.15. The Morgan fingerprint density at radius 2 is 1.32 bits per heavy atom. The van der Waals surface area contributed by atoms with Crippen LogP contribution in [-0.4, -0.2) is 0 Å². The van der Waals surface area contributed by atoms with Gasteiger partial charge in [-0.3, -0.25) is 0 Å². The zero-order valence-electron chi connectivity index (χ0n) is 14.7. The summed E-state index contributed by atoms with van der Waals surface area (Å²) >= 11 is -1.42. The molecule has 2 heteroatoms. The van der Waals surface area contributed by atoms with Crippen LogP contribution in [0, 0.1) is 0 Å². The molecule has 0 heterocycles. The third kappa shape index (κ3) is 3.50. The molecule has 0 bridgehead atoms. The molecule has 1 atom stereocenters. The Bertz CT molecular complexity index is 845. The molecule has 0 saturated carbocycles. The van der Waals surface area contributed by atoms with Crippen LogP contribution in [0.1, 0.15) is 14.8 Å². The zero-order chi connectivity index (χ0) is 17.2. The maximum atomic E-state index is 2.52. The van der Waals surface area contributed by atoms with Crippen molar-refractivity contribution in [2.75, 3.05) is 0 Å². The number of hydrogen-bond donors (Lipinski definition) is 0. The molecule has 1 unspecified atom stereocenters. The molecule has 0 spiro atoms. The van der Waals surface area contributed by atoms with E-state index in [0.717, 1.165) is 3.67 Å². The number of fused-ring (bicyclic) bond motifs is 1. The molecular formula is C23H22HfP. The third-order valence-corrected chi connectivity index (χ3v) is 13.5. The van der Waals surface area contributed by atoms with Gasteiger partial charge in [0.15, 0.2) is 0 Å². The van der Waals surface area contributed by atoms with E-state index >= 15 is 0 Å². The third-order valence-electron chi connectivity index (χ3n) is 4.78. The second-order valence-electron chi connectivity index (χ2n) is 6.73. The van der Waals surface area contributed by atoms with Crippen LogP contribution in [0.5, 0.6) is 0 Å². The Hall–Kier alpha value is -1.30. The van der Waals surface area contributed by atoms with Gasteiger partial charge in [0, 0.05) is 0 Å². The van der Waals surface area contributed by atoms with E-state index in [0.29, 0.717) is 0 Å². The van der Waals surface area contributed by atoms with E-state index in [2.05, 4.69) is 100 Å². The van der Waals surface area contributed by atoms with Crippen LogP contribution in [0.25, 0.3) is 6.08 Å². The van der Waals surface area contributed by atoms with Gasteiger partial charge >= 0.3 is 160 Å². The normalized spacial score (nSPS) is 15.4. The molecular weight excluding hydrogens is 486 g/mol. The van der Waals surface area contributed by atoms with Crippen molar-refractivity contribution < 1.29 is 21.4 Å². The van der Waals surface area contributed by atoms with Gasteiger partial charge in [-0.15, -0.1) is 0 Å². The molecule has 0 aromatic heterocycles. The molecule has 0 aliphatic heterocycles. The minimum atomic E-state index is -1.42. The summed E-state index contributed by atoms with van der Waals surface area (Å²) in [7, 11) is -0.499. The van der Waals surface area contributed by atoms with Crippen molar-refractivity contribution >= 4 is 29.9 Å². The first-order chi connectivity index (χ1) is 12.2. The van der Waals surface area contributed by atoms with Crippen molar-refractivity contribution in [1.82, 2.24) is 0 Å². The number of allylic oxidation sites excluding steroid dienone is 1. The molecule has 3 aromatic carbocycles. The fourth-order valence-electron chi connectivity index (χ4n) is 3.54. The fourth-order valence-corrected chi connectivity index (χ4v) is 10.8. The van der Waals surface area contributed by atoms with Crippen LogP contribution in [0.2, 0.25) is 9.36 Å². The van der Waals surface area contributed by atoms with Crippen molar-refractivity contribution in [2.24, 2.45) is 0 Å². The first-order valence-electron chi connectivity index (χ1n) is 8.76. The van der Waals surface area contributed by atoms with E-state index in [1.54, 1.807) is 5.56 Å². The summed E-state index contributed by atoms with van der Waals surface area (Å²) in [6.07, 6.45) is 4.83. The second kappa shape index (κ2) is 7.52. The van der Waals surface area contributed by atoms with E-state index < -0.39 is 29.4 Å². The minimum absolute atomic E-state index is 0.499. The van der Waals surface area contributed by atoms with E-state index in [-0.39, 0.29) is 0 Å². The van der Waals surface area contributed by atoms with Crippen LogP contribution < -0.4 is 15.9 Å². The summed E-state index contributed by atoms with van der Waals surface area (Å²) in [5.74, 6) is 0. The van der Waals surface area contributed by atoms with Crippen LogP contribution in [-0.2, 0) is 21.4 Å². The Labute approximate surface area is 159 Å². The molecule has 0 fully saturated rings. The van der Waals surface area contributed by atoms with Gasteiger partial charge in [0.05, 0.1) is 0 Å². The van der Waals surface area contributed by atoms with E-state index in [9.17, 15) is 0 Å². The van der Waals surface area contributed by atoms with Gasteiger partial charge in [-0.25, -0.2) is 0 Å². The molecule has 1 aliphatic rings. The fraction of sp³-hybridized carbons (Fsp3) is 0.130. The van der Waals surface area contributed by atoms with Gasteiger partial charge in [-0.05, 0) is 0 Å². The molecule has 0 N–H and O–H groups in total. The molecule has 0 amide bonds. The summed E-state index contributed by atoms with van der Waals surface area (Å²) in [6.45, 7) is 0. The molecule has 123 valence electrons. The van der Waals surface area contributed by atoms with Crippen LogP contribution >= 0.6 is 7.92 Å². The standard InChI is InChI=1S/C21H16P.2CH3.Hf/c1-3-10-19(11-4-1)22(20-12-5-2-6-13-20)21-15-14-17-8-7-9-18(17)16-21;;;/h1-16H;2*1H3;.